The number of amides is 1. The van der Waals surface area contributed by atoms with E-state index in [1.807, 2.05) is 7.05 Å². The molecule has 0 aromatic rings. The molecule has 1 aliphatic heterocycles. The Morgan fingerprint density at radius 3 is 2.69 bits per heavy atom. The van der Waals surface area contributed by atoms with Crippen LogP contribution in [0.3, 0.4) is 0 Å². The van der Waals surface area contributed by atoms with Gasteiger partial charge in [-0.15, -0.1) is 0 Å². The van der Waals surface area contributed by atoms with Crippen molar-refractivity contribution < 1.29 is 9.90 Å². The highest BCUT2D eigenvalue weighted by atomic mass is 127. The smallest absolute Gasteiger partial charge is 0.241 e. The fourth-order valence-electron chi connectivity index (χ4n) is 2.16. The lowest BCUT2D eigenvalue weighted by atomic mass is 9.95. The predicted octanol–water partition coefficient (Wildman–Crippen LogP) is 2.35. The van der Waals surface area contributed by atoms with Gasteiger partial charge >= 0.3 is 0 Å². The fraction of sp³-hybridized carbons (Fsp3) is 0.917. The minimum absolute atomic E-state index is 0.0936. The summed E-state index contributed by atoms with van der Waals surface area (Å²) in [5.74, 6) is 0.0936. The van der Waals surface area contributed by atoms with Crippen LogP contribution in [0.4, 0.5) is 0 Å². The van der Waals surface area contributed by atoms with Crippen molar-refractivity contribution in [2.24, 2.45) is 0 Å². The molecule has 2 atom stereocenters. The molecule has 0 bridgehead atoms. The molecule has 3 nitrogen and oxygen atoms in total. The van der Waals surface area contributed by atoms with Crippen molar-refractivity contribution in [3.8, 4) is 0 Å². The Kier molecular flexibility index (Phi) is 5.50. The summed E-state index contributed by atoms with van der Waals surface area (Å²) in [6.07, 6.45) is 5.64. The second kappa shape index (κ2) is 6.19. The summed E-state index contributed by atoms with van der Waals surface area (Å²) in [5, 5.41) is 10.1. The maximum absolute atomic E-state index is 11.9. The number of aliphatic hydroxyl groups is 1. The van der Waals surface area contributed by atoms with Crippen LogP contribution < -0.4 is 0 Å². The zero-order valence-electron chi connectivity index (χ0n) is 10.2. The molecule has 2 unspecified atom stereocenters. The van der Waals surface area contributed by atoms with Gasteiger partial charge in [-0.05, 0) is 12.8 Å². The zero-order chi connectivity index (χ0) is 12.2. The van der Waals surface area contributed by atoms with Crippen LogP contribution in [0.5, 0.6) is 0 Å². The number of likely N-dealkylation sites (tertiary alicyclic amines) is 1. The van der Waals surface area contributed by atoms with E-state index in [0.717, 1.165) is 32.2 Å². The SMILES string of the molecule is CCCCCCC(O)C1(I)CCN(C)C1=O. The molecule has 1 heterocycles. The molecule has 0 aromatic heterocycles. The topological polar surface area (TPSA) is 40.5 Å². The number of halogens is 1. The van der Waals surface area contributed by atoms with Crippen molar-refractivity contribution in [3.05, 3.63) is 0 Å². The minimum atomic E-state index is -0.557. The molecular weight excluding hydrogens is 317 g/mol. The summed E-state index contributed by atoms with van der Waals surface area (Å²) in [5.41, 5.74) is 0. The molecule has 0 radical (unpaired) electrons. The van der Waals surface area contributed by atoms with E-state index >= 15 is 0 Å². The molecule has 0 aliphatic carbocycles. The van der Waals surface area contributed by atoms with E-state index in [-0.39, 0.29) is 5.91 Å². The van der Waals surface area contributed by atoms with Gasteiger partial charge in [0.2, 0.25) is 5.91 Å². The van der Waals surface area contributed by atoms with Crippen molar-refractivity contribution in [1.82, 2.24) is 4.90 Å². The van der Waals surface area contributed by atoms with Crippen LogP contribution in [-0.4, -0.2) is 39.0 Å². The number of carbonyl (C=O) groups excluding carboxylic acids is 1. The molecule has 1 aliphatic rings. The van der Waals surface area contributed by atoms with Crippen molar-refractivity contribution in [3.63, 3.8) is 0 Å². The van der Waals surface area contributed by atoms with E-state index in [2.05, 4.69) is 29.5 Å². The molecule has 1 fully saturated rings. The van der Waals surface area contributed by atoms with E-state index in [1.54, 1.807) is 4.90 Å². The minimum Gasteiger partial charge on any atom is -0.391 e. The van der Waals surface area contributed by atoms with Crippen LogP contribution in [0.25, 0.3) is 0 Å². The first-order valence-corrected chi connectivity index (χ1v) is 7.22. The summed E-state index contributed by atoms with van der Waals surface area (Å²) >= 11 is 2.15. The van der Waals surface area contributed by atoms with Gasteiger partial charge in [-0.1, -0.05) is 55.2 Å². The number of alkyl halides is 1. The Labute approximate surface area is 112 Å². The lowest BCUT2D eigenvalue weighted by Gasteiger charge is -2.26. The highest BCUT2D eigenvalue weighted by Crippen LogP contribution is 2.36. The third-order valence-corrected chi connectivity index (χ3v) is 5.09. The molecule has 0 aromatic carbocycles. The second-order valence-corrected chi connectivity index (χ2v) is 6.63. The van der Waals surface area contributed by atoms with E-state index < -0.39 is 9.53 Å². The number of nitrogens with zero attached hydrogens (tertiary/aromatic N) is 1. The third kappa shape index (κ3) is 3.09. The fourth-order valence-corrected chi connectivity index (χ4v) is 3.12. The molecule has 1 saturated heterocycles. The highest BCUT2D eigenvalue weighted by molar-refractivity contribution is 14.1. The van der Waals surface area contributed by atoms with Gasteiger partial charge < -0.3 is 10.0 Å². The van der Waals surface area contributed by atoms with Gasteiger partial charge in [0, 0.05) is 13.6 Å². The number of unbranched alkanes of at least 4 members (excludes halogenated alkanes) is 3. The maximum atomic E-state index is 11.9. The van der Waals surface area contributed by atoms with Crippen molar-refractivity contribution in [2.75, 3.05) is 13.6 Å². The summed E-state index contributed by atoms with van der Waals surface area (Å²) in [7, 11) is 1.81. The van der Waals surface area contributed by atoms with Gasteiger partial charge in [-0.2, -0.15) is 0 Å². The van der Waals surface area contributed by atoms with Crippen molar-refractivity contribution in [2.45, 2.75) is 55.0 Å². The molecule has 94 valence electrons. The Hall–Kier alpha value is 0.160. The average Bonchev–Trinajstić information content (AvgIpc) is 2.53. The second-order valence-electron chi connectivity index (χ2n) is 4.70. The van der Waals surface area contributed by atoms with Crippen LogP contribution in [0.1, 0.15) is 45.4 Å². The van der Waals surface area contributed by atoms with Gasteiger partial charge in [0.05, 0.1) is 6.10 Å². The van der Waals surface area contributed by atoms with Crippen LogP contribution in [0, 0.1) is 0 Å². The first-order chi connectivity index (χ1) is 7.52. The van der Waals surface area contributed by atoms with Gasteiger partial charge in [0.1, 0.15) is 3.42 Å². The summed E-state index contributed by atoms with van der Waals surface area (Å²) in [4.78, 5) is 13.6. The van der Waals surface area contributed by atoms with E-state index in [1.165, 1.54) is 12.8 Å². The van der Waals surface area contributed by atoms with Gasteiger partial charge in [0.15, 0.2) is 0 Å². The van der Waals surface area contributed by atoms with Crippen LogP contribution >= 0.6 is 22.6 Å². The summed E-state index contributed by atoms with van der Waals surface area (Å²) < 4.78 is -0.557. The largest absolute Gasteiger partial charge is 0.391 e. The molecule has 1 rings (SSSR count). The van der Waals surface area contributed by atoms with Gasteiger partial charge in [0.25, 0.3) is 0 Å². The highest BCUT2D eigenvalue weighted by Gasteiger charge is 2.48. The van der Waals surface area contributed by atoms with E-state index in [0.29, 0.717) is 0 Å². The monoisotopic (exact) mass is 339 g/mol. The first kappa shape index (κ1) is 14.2. The van der Waals surface area contributed by atoms with E-state index in [4.69, 9.17) is 0 Å². The summed E-state index contributed by atoms with van der Waals surface area (Å²) in [6.45, 7) is 2.94. The predicted molar refractivity (Wildman–Crippen MR) is 73.8 cm³/mol. The van der Waals surface area contributed by atoms with Gasteiger partial charge in [-0.3, -0.25) is 4.79 Å². The standard InChI is InChI=1S/C12H22INO2/c1-3-4-5-6-7-10(15)12(13)8-9-14(2)11(12)16/h10,15H,3-9H2,1-2H3. The molecule has 0 spiro atoms. The molecule has 0 saturated carbocycles. The third-order valence-electron chi connectivity index (χ3n) is 3.37. The number of rotatable bonds is 6. The maximum Gasteiger partial charge on any atom is 0.241 e. The number of carbonyl (C=O) groups is 1. The van der Waals surface area contributed by atoms with Gasteiger partial charge in [-0.25, -0.2) is 0 Å². The molecule has 1 N–H and O–H groups in total. The van der Waals surface area contributed by atoms with Crippen LogP contribution in [0.2, 0.25) is 0 Å². The molecular formula is C12H22INO2. The quantitative estimate of drug-likeness (QED) is 0.459. The summed E-state index contributed by atoms with van der Waals surface area (Å²) in [6, 6.07) is 0. The zero-order valence-corrected chi connectivity index (χ0v) is 12.4. The Balaban J connectivity index is 2.40. The average molecular weight is 339 g/mol. The normalized spacial score (nSPS) is 27.5. The van der Waals surface area contributed by atoms with Crippen LogP contribution in [-0.2, 0) is 4.79 Å². The van der Waals surface area contributed by atoms with Crippen molar-refractivity contribution >= 4 is 28.5 Å². The Bertz CT molecular complexity index is 247. The number of aliphatic hydroxyl groups excluding tert-OH is 1. The Morgan fingerprint density at radius 2 is 2.19 bits per heavy atom. The van der Waals surface area contributed by atoms with E-state index in [9.17, 15) is 9.90 Å². The molecule has 1 amide bonds. The number of hydrogen-bond acceptors (Lipinski definition) is 2. The first-order valence-electron chi connectivity index (χ1n) is 6.15. The number of hydrogen-bond donors (Lipinski definition) is 1. The lowest BCUT2D eigenvalue weighted by molar-refractivity contribution is -0.130. The van der Waals surface area contributed by atoms with Crippen molar-refractivity contribution in [1.29, 1.82) is 0 Å². The molecule has 16 heavy (non-hydrogen) atoms. The van der Waals surface area contributed by atoms with Crippen LogP contribution in [0.15, 0.2) is 0 Å². The Morgan fingerprint density at radius 1 is 1.50 bits per heavy atom. The lowest BCUT2D eigenvalue weighted by Crippen LogP contribution is -2.43. The molecule has 4 heteroatoms.